The fraction of sp³-hybridized carbons (Fsp3) is 0.438. The number of rotatable bonds is 4. The van der Waals surface area contributed by atoms with Gasteiger partial charge in [-0.3, -0.25) is 4.79 Å². The normalized spacial score (nSPS) is 20.6. The fourth-order valence-corrected chi connectivity index (χ4v) is 2.80. The predicted octanol–water partition coefficient (Wildman–Crippen LogP) is 2.94. The molecule has 2 N–H and O–H groups in total. The van der Waals surface area contributed by atoms with Crippen molar-refractivity contribution in [2.45, 2.75) is 33.1 Å². The number of carbonyl (C=O) groups excluding carboxylic acids is 1. The number of carboxylic acids is 1. The van der Waals surface area contributed by atoms with Crippen LogP contribution in [-0.2, 0) is 9.59 Å². The molecule has 1 fully saturated rings. The minimum absolute atomic E-state index is 0.00230. The molecule has 0 spiro atoms. The molecule has 1 atom stereocenters. The van der Waals surface area contributed by atoms with Crippen molar-refractivity contribution in [2.75, 3.05) is 5.32 Å². The summed E-state index contributed by atoms with van der Waals surface area (Å²) in [7, 11) is 0. The van der Waals surface area contributed by atoms with Gasteiger partial charge in [0, 0.05) is 12.0 Å². The first-order valence-corrected chi connectivity index (χ1v) is 7.07. The highest BCUT2D eigenvalue weighted by molar-refractivity contribution is 5.92. The summed E-state index contributed by atoms with van der Waals surface area (Å²) in [6.07, 6.45) is 5.45. The van der Waals surface area contributed by atoms with Crippen LogP contribution in [0.25, 0.3) is 6.08 Å². The summed E-state index contributed by atoms with van der Waals surface area (Å²) in [5.41, 5.74) is 0.520. The topological polar surface area (TPSA) is 79.3 Å². The maximum absolute atomic E-state index is 12.3. The highest BCUT2D eigenvalue weighted by atomic mass is 16.4. The van der Waals surface area contributed by atoms with Gasteiger partial charge in [-0.25, -0.2) is 9.78 Å². The Bertz CT molecular complexity index is 579. The molecule has 1 unspecified atom stereocenters. The molecule has 5 nitrogen and oxygen atoms in total. The van der Waals surface area contributed by atoms with Gasteiger partial charge in [-0.05, 0) is 36.5 Å². The Labute approximate surface area is 124 Å². The molecule has 1 aliphatic rings. The maximum Gasteiger partial charge on any atom is 0.328 e. The second-order valence-corrected chi connectivity index (χ2v) is 6.04. The van der Waals surface area contributed by atoms with Gasteiger partial charge in [-0.1, -0.05) is 26.3 Å². The average Bonchev–Trinajstić information content (AvgIpc) is 2.76. The van der Waals surface area contributed by atoms with E-state index in [-0.39, 0.29) is 17.2 Å². The third kappa shape index (κ3) is 3.90. The van der Waals surface area contributed by atoms with Gasteiger partial charge in [0.1, 0.15) is 5.82 Å². The highest BCUT2D eigenvalue weighted by Crippen LogP contribution is 2.42. The number of aliphatic carboxylic acids is 1. The van der Waals surface area contributed by atoms with Gasteiger partial charge >= 0.3 is 5.97 Å². The first-order chi connectivity index (χ1) is 9.88. The van der Waals surface area contributed by atoms with E-state index in [1.165, 1.54) is 6.08 Å². The number of anilines is 1. The smallest absolute Gasteiger partial charge is 0.328 e. The molecule has 0 radical (unpaired) electrons. The summed E-state index contributed by atoms with van der Waals surface area (Å²) in [6, 6.07) is 5.14. The zero-order valence-corrected chi connectivity index (χ0v) is 12.3. The van der Waals surface area contributed by atoms with Crippen LogP contribution in [0.15, 0.2) is 24.3 Å². The van der Waals surface area contributed by atoms with Gasteiger partial charge in [-0.15, -0.1) is 0 Å². The molecule has 1 aliphatic carbocycles. The van der Waals surface area contributed by atoms with E-state index in [0.717, 1.165) is 25.3 Å². The summed E-state index contributed by atoms with van der Waals surface area (Å²) in [5, 5.41) is 11.4. The second-order valence-electron chi connectivity index (χ2n) is 6.04. The van der Waals surface area contributed by atoms with Gasteiger partial charge in [0.15, 0.2) is 0 Å². The lowest BCUT2D eigenvalue weighted by atomic mass is 9.81. The second kappa shape index (κ2) is 6.08. The molecule has 0 bridgehead atoms. The van der Waals surface area contributed by atoms with Crippen LogP contribution in [0, 0.1) is 11.3 Å². The van der Waals surface area contributed by atoms with Crippen molar-refractivity contribution >= 4 is 23.8 Å². The molecule has 1 aromatic heterocycles. The molecule has 21 heavy (non-hydrogen) atoms. The highest BCUT2D eigenvalue weighted by Gasteiger charge is 2.39. The molecular formula is C16H20N2O3. The minimum atomic E-state index is -1.03. The van der Waals surface area contributed by atoms with E-state index in [0.29, 0.717) is 11.5 Å². The van der Waals surface area contributed by atoms with Crippen LogP contribution in [0.4, 0.5) is 5.82 Å². The first-order valence-electron chi connectivity index (χ1n) is 7.07. The van der Waals surface area contributed by atoms with Crippen molar-refractivity contribution < 1.29 is 14.7 Å². The SMILES string of the molecule is CC1(C)CCCC1C(=O)Nc1cccc(/C=C/C(=O)O)n1. The Balaban J connectivity index is 2.08. The molecule has 0 saturated heterocycles. The first kappa shape index (κ1) is 15.2. The minimum Gasteiger partial charge on any atom is -0.478 e. The van der Waals surface area contributed by atoms with Gasteiger partial charge in [0.2, 0.25) is 5.91 Å². The molecule has 5 heteroatoms. The van der Waals surface area contributed by atoms with Crippen molar-refractivity contribution in [3.63, 3.8) is 0 Å². The van der Waals surface area contributed by atoms with Crippen molar-refractivity contribution in [2.24, 2.45) is 11.3 Å². The number of aromatic nitrogens is 1. The Morgan fingerprint density at radius 1 is 1.43 bits per heavy atom. The Morgan fingerprint density at radius 2 is 2.19 bits per heavy atom. The third-order valence-corrected chi connectivity index (χ3v) is 3.99. The van der Waals surface area contributed by atoms with Crippen LogP contribution < -0.4 is 5.32 Å². The van der Waals surface area contributed by atoms with Crippen LogP contribution in [0.1, 0.15) is 38.8 Å². The van der Waals surface area contributed by atoms with Gasteiger partial charge in [0.25, 0.3) is 0 Å². The predicted molar refractivity (Wildman–Crippen MR) is 80.7 cm³/mol. The van der Waals surface area contributed by atoms with Gasteiger partial charge in [0.05, 0.1) is 5.69 Å². The summed E-state index contributed by atoms with van der Waals surface area (Å²) in [4.78, 5) is 27.1. The van der Waals surface area contributed by atoms with Crippen LogP contribution in [0.2, 0.25) is 0 Å². The van der Waals surface area contributed by atoms with E-state index < -0.39 is 5.97 Å². The van der Waals surface area contributed by atoms with Gasteiger partial charge < -0.3 is 10.4 Å². The molecule has 0 aliphatic heterocycles. The standard InChI is InChI=1S/C16H20N2O3/c1-16(2)10-4-6-12(16)15(21)18-13-7-3-5-11(17-13)8-9-14(19)20/h3,5,7-9,12H,4,6,10H2,1-2H3,(H,19,20)(H,17,18,21)/b9-8+. The summed E-state index contributed by atoms with van der Waals surface area (Å²) in [6.45, 7) is 4.23. The van der Waals surface area contributed by atoms with Crippen molar-refractivity contribution in [1.29, 1.82) is 0 Å². The average molecular weight is 288 g/mol. The Morgan fingerprint density at radius 3 is 2.81 bits per heavy atom. The number of amides is 1. The quantitative estimate of drug-likeness (QED) is 0.835. The van der Waals surface area contributed by atoms with Crippen LogP contribution in [0.3, 0.4) is 0 Å². The van der Waals surface area contributed by atoms with E-state index in [9.17, 15) is 9.59 Å². The zero-order valence-electron chi connectivity index (χ0n) is 12.3. The fourth-order valence-electron chi connectivity index (χ4n) is 2.80. The third-order valence-electron chi connectivity index (χ3n) is 3.99. The molecule has 0 aromatic carbocycles. The van der Waals surface area contributed by atoms with Crippen molar-refractivity contribution in [1.82, 2.24) is 4.98 Å². The van der Waals surface area contributed by atoms with Gasteiger partial charge in [-0.2, -0.15) is 0 Å². The van der Waals surface area contributed by atoms with E-state index in [1.807, 2.05) is 0 Å². The van der Waals surface area contributed by atoms with E-state index in [4.69, 9.17) is 5.11 Å². The van der Waals surface area contributed by atoms with E-state index in [2.05, 4.69) is 24.1 Å². The van der Waals surface area contributed by atoms with Crippen LogP contribution >= 0.6 is 0 Å². The summed E-state index contributed by atoms with van der Waals surface area (Å²) < 4.78 is 0. The molecule has 1 aromatic rings. The van der Waals surface area contributed by atoms with E-state index >= 15 is 0 Å². The molecular weight excluding hydrogens is 268 g/mol. The molecule has 112 valence electrons. The molecule has 2 rings (SSSR count). The number of hydrogen-bond donors (Lipinski definition) is 2. The number of hydrogen-bond acceptors (Lipinski definition) is 3. The lowest BCUT2D eigenvalue weighted by Gasteiger charge is -2.25. The molecule has 1 heterocycles. The number of nitrogens with one attached hydrogen (secondary N) is 1. The number of nitrogens with zero attached hydrogens (tertiary/aromatic N) is 1. The van der Waals surface area contributed by atoms with Crippen LogP contribution in [-0.4, -0.2) is 22.0 Å². The number of pyridine rings is 1. The van der Waals surface area contributed by atoms with Crippen molar-refractivity contribution in [3.8, 4) is 0 Å². The Kier molecular flexibility index (Phi) is 4.40. The summed E-state index contributed by atoms with van der Waals surface area (Å²) in [5.74, 6) is -0.587. The Hall–Kier alpha value is -2.17. The van der Waals surface area contributed by atoms with E-state index in [1.54, 1.807) is 18.2 Å². The number of carbonyl (C=O) groups is 2. The van der Waals surface area contributed by atoms with Crippen LogP contribution in [0.5, 0.6) is 0 Å². The maximum atomic E-state index is 12.3. The van der Waals surface area contributed by atoms with Crippen molar-refractivity contribution in [3.05, 3.63) is 30.0 Å². The lowest BCUT2D eigenvalue weighted by Crippen LogP contribution is -2.31. The summed E-state index contributed by atoms with van der Waals surface area (Å²) >= 11 is 0. The molecule has 1 amide bonds. The molecule has 1 saturated carbocycles. The zero-order chi connectivity index (χ0) is 15.5. The largest absolute Gasteiger partial charge is 0.478 e. The monoisotopic (exact) mass is 288 g/mol. The number of carboxylic acid groups (broad SMARTS) is 1. The lowest BCUT2D eigenvalue weighted by molar-refractivity contribution is -0.131.